The van der Waals surface area contributed by atoms with Crippen LogP contribution in [0.3, 0.4) is 0 Å². The third-order valence-corrected chi connectivity index (χ3v) is 8.54. The van der Waals surface area contributed by atoms with Crippen molar-refractivity contribution >= 4 is 17.9 Å². The summed E-state index contributed by atoms with van der Waals surface area (Å²) in [6.07, 6.45) is 29.6. The number of hydrogen-bond acceptors (Lipinski definition) is 6. The summed E-state index contributed by atoms with van der Waals surface area (Å²) >= 11 is 0. The van der Waals surface area contributed by atoms with Gasteiger partial charge in [-0.1, -0.05) is 169 Å². The second-order valence-electron chi connectivity index (χ2n) is 13.7. The molecule has 6 nitrogen and oxygen atoms in total. The molecule has 0 aromatic heterocycles. The third kappa shape index (κ3) is 33.6. The van der Waals surface area contributed by atoms with E-state index in [0.717, 1.165) is 63.7 Å². The molecular formula is C39H74O6. The van der Waals surface area contributed by atoms with E-state index in [1.807, 2.05) is 0 Å². The molecule has 0 aliphatic heterocycles. The summed E-state index contributed by atoms with van der Waals surface area (Å²) in [5, 5.41) is 0. The maximum Gasteiger partial charge on any atom is 0.306 e. The molecule has 0 unspecified atom stereocenters. The number of esters is 3. The van der Waals surface area contributed by atoms with Crippen molar-refractivity contribution in [3.63, 3.8) is 0 Å². The molecule has 0 bridgehead atoms. The van der Waals surface area contributed by atoms with Crippen LogP contribution < -0.4 is 0 Å². The molecule has 0 aromatic carbocycles. The predicted molar refractivity (Wildman–Crippen MR) is 187 cm³/mol. The average Bonchev–Trinajstić information content (AvgIpc) is 3.01. The van der Waals surface area contributed by atoms with Gasteiger partial charge in [0.25, 0.3) is 0 Å². The molecule has 45 heavy (non-hydrogen) atoms. The van der Waals surface area contributed by atoms with Gasteiger partial charge in [0, 0.05) is 19.3 Å². The van der Waals surface area contributed by atoms with E-state index in [-0.39, 0.29) is 31.1 Å². The molecule has 0 aromatic rings. The number of ether oxygens (including phenoxy) is 3. The molecule has 0 rings (SSSR count). The van der Waals surface area contributed by atoms with Crippen LogP contribution in [0.25, 0.3) is 0 Å². The van der Waals surface area contributed by atoms with Crippen molar-refractivity contribution < 1.29 is 28.6 Å². The molecule has 0 aliphatic carbocycles. The minimum atomic E-state index is -0.756. The first-order valence-electron chi connectivity index (χ1n) is 19.4. The third-order valence-electron chi connectivity index (χ3n) is 8.54. The second-order valence-corrected chi connectivity index (χ2v) is 13.7. The molecule has 0 saturated carbocycles. The molecule has 0 saturated heterocycles. The van der Waals surface area contributed by atoms with E-state index in [9.17, 15) is 14.4 Å². The molecule has 0 N–H and O–H groups in total. The number of carbonyl (C=O) groups excluding carboxylic acids is 3. The van der Waals surface area contributed by atoms with E-state index in [0.29, 0.717) is 19.3 Å². The van der Waals surface area contributed by atoms with Gasteiger partial charge in [0.1, 0.15) is 13.2 Å². The van der Waals surface area contributed by atoms with E-state index in [1.165, 1.54) is 103 Å². The van der Waals surface area contributed by atoms with Crippen LogP contribution in [-0.4, -0.2) is 37.2 Å². The largest absolute Gasteiger partial charge is 0.462 e. The van der Waals surface area contributed by atoms with E-state index < -0.39 is 6.10 Å². The molecular weight excluding hydrogens is 564 g/mol. The van der Waals surface area contributed by atoms with E-state index >= 15 is 0 Å². The predicted octanol–water partition coefficient (Wildman–Crippen LogP) is 11.6. The van der Waals surface area contributed by atoms with Gasteiger partial charge in [0.2, 0.25) is 0 Å². The Bertz CT molecular complexity index is 676. The van der Waals surface area contributed by atoms with Gasteiger partial charge in [-0.15, -0.1) is 0 Å². The van der Waals surface area contributed by atoms with Crippen LogP contribution >= 0.6 is 0 Å². The fourth-order valence-corrected chi connectivity index (χ4v) is 5.57. The van der Waals surface area contributed by atoms with Crippen LogP contribution in [0.5, 0.6) is 0 Å². The lowest BCUT2D eigenvalue weighted by atomic mass is 10.0. The van der Waals surface area contributed by atoms with Crippen molar-refractivity contribution in [2.45, 2.75) is 214 Å². The van der Waals surface area contributed by atoms with Gasteiger partial charge in [-0.05, 0) is 25.2 Å². The lowest BCUT2D eigenvalue weighted by Crippen LogP contribution is -2.30. The zero-order valence-corrected chi connectivity index (χ0v) is 30.3. The summed E-state index contributed by atoms with van der Waals surface area (Å²) in [4.78, 5) is 37.3. The SMILES string of the molecule is CCCCCCCCCCCC(=O)OC[C@H](COC(=O)CCCCCCCCC(C)C)OC(=O)CCCCCCCCCCC. The van der Waals surface area contributed by atoms with Gasteiger partial charge in [0.15, 0.2) is 6.10 Å². The molecule has 0 aliphatic rings. The quantitative estimate of drug-likeness (QED) is 0.0396. The Kier molecular flexibility index (Phi) is 32.6. The zero-order valence-electron chi connectivity index (χ0n) is 30.3. The lowest BCUT2D eigenvalue weighted by Gasteiger charge is -2.18. The normalized spacial score (nSPS) is 11.9. The topological polar surface area (TPSA) is 78.9 Å². The summed E-state index contributed by atoms with van der Waals surface area (Å²) in [6.45, 7) is 8.85. The molecule has 1 atom stereocenters. The van der Waals surface area contributed by atoms with Crippen molar-refractivity contribution in [2.24, 2.45) is 5.92 Å². The number of carbonyl (C=O) groups is 3. The van der Waals surface area contributed by atoms with Crippen molar-refractivity contribution in [3.05, 3.63) is 0 Å². The maximum atomic E-state index is 12.6. The van der Waals surface area contributed by atoms with Crippen LogP contribution in [-0.2, 0) is 28.6 Å². The van der Waals surface area contributed by atoms with Crippen LogP contribution in [0.4, 0.5) is 0 Å². The van der Waals surface area contributed by atoms with Crippen LogP contribution in [0, 0.1) is 5.92 Å². The van der Waals surface area contributed by atoms with Crippen LogP contribution in [0.1, 0.15) is 207 Å². The highest BCUT2D eigenvalue weighted by molar-refractivity contribution is 5.71. The standard InChI is InChI=1S/C39H74O6/c1-5-7-9-11-13-15-17-22-26-30-37(40)43-33-36(45-39(42)32-28-24-18-16-14-12-10-8-6-2)34-44-38(41)31-27-23-20-19-21-25-29-35(3)4/h35-36H,5-34H2,1-4H3/t36-/m1/s1. The fraction of sp³-hybridized carbons (Fsp3) is 0.923. The highest BCUT2D eigenvalue weighted by Gasteiger charge is 2.19. The molecule has 0 amide bonds. The van der Waals surface area contributed by atoms with E-state index in [1.54, 1.807) is 0 Å². The highest BCUT2D eigenvalue weighted by Crippen LogP contribution is 2.14. The Morgan fingerprint density at radius 1 is 0.422 bits per heavy atom. The Morgan fingerprint density at radius 3 is 1.09 bits per heavy atom. The first kappa shape index (κ1) is 43.4. The first-order chi connectivity index (χ1) is 21.9. The van der Waals surface area contributed by atoms with Gasteiger partial charge < -0.3 is 14.2 Å². The molecule has 0 spiro atoms. The second kappa shape index (κ2) is 33.8. The van der Waals surface area contributed by atoms with Gasteiger partial charge >= 0.3 is 17.9 Å². The minimum Gasteiger partial charge on any atom is -0.462 e. The van der Waals surface area contributed by atoms with Crippen molar-refractivity contribution in [3.8, 4) is 0 Å². The summed E-state index contributed by atoms with van der Waals surface area (Å²) in [6, 6.07) is 0. The molecule has 0 heterocycles. The van der Waals surface area contributed by atoms with Gasteiger partial charge in [-0.2, -0.15) is 0 Å². The fourth-order valence-electron chi connectivity index (χ4n) is 5.57. The van der Waals surface area contributed by atoms with Gasteiger partial charge in [-0.3, -0.25) is 14.4 Å². The van der Waals surface area contributed by atoms with Gasteiger partial charge in [0.05, 0.1) is 0 Å². The van der Waals surface area contributed by atoms with Crippen LogP contribution in [0.15, 0.2) is 0 Å². The molecule has 266 valence electrons. The number of rotatable bonds is 34. The minimum absolute atomic E-state index is 0.0661. The first-order valence-corrected chi connectivity index (χ1v) is 19.4. The van der Waals surface area contributed by atoms with Crippen molar-refractivity contribution in [1.29, 1.82) is 0 Å². The Labute approximate surface area is 278 Å². The van der Waals surface area contributed by atoms with E-state index in [4.69, 9.17) is 14.2 Å². The maximum absolute atomic E-state index is 12.6. The monoisotopic (exact) mass is 639 g/mol. The van der Waals surface area contributed by atoms with Gasteiger partial charge in [-0.25, -0.2) is 0 Å². The summed E-state index contributed by atoms with van der Waals surface area (Å²) < 4.78 is 16.5. The molecule has 6 heteroatoms. The highest BCUT2D eigenvalue weighted by atomic mass is 16.6. The Hall–Kier alpha value is -1.59. The Balaban J connectivity index is 4.36. The van der Waals surface area contributed by atoms with Crippen LogP contribution in [0.2, 0.25) is 0 Å². The Morgan fingerprint density at radius 2 is 0.733 bits per heavy atom. The number of hydrogen-bond donors (Lipinski definition) is 0. The zero-order chi connectivity index (χ0) is 33.2. The molecule has 0 fully saturated rings. The number of unbranched alkanes of at least 4 members (excludes halogenated alkanes) is 21. The summed E-state index contributed by atoms with van der Waals surface area (Å²) in [7, 11) is 0. The van der Waals surface area contributed by atoms with E-state index in [2.05, 4.69) is 27.7 Å². The smallest absolute Gasteiger partial charge is 0.306 e. The van der Waals surface area contributed by atoms with Crippen molar-refractivity contribution in [2.75, 3.05) is 13.2 Å². The average molecular weight is 639 g/mol. The molecule has 0 radical (unpaired) electrons. The summed E-state index contributed by atoms with van der Waals surface area (Å²) in [5.74, 6) is -0.110. The van der Waals surface area contributed by atoms with Crippen molar-refractivity contribution in [1.82, 2.24) is 0 Å². The lowest BCUT2D eigenvalue weighted by molar-refractivity contribution is -0.167. The summed E-state index contributed by atoms with van der Waals surface area (Å²) in [5.41, 5.74) is 0.